The summed E-state index contributed by atoms with van der Waals surface area (Å²) in [6.07, 6.45) is 0. The van der Waals surface area contributed by atoms with E-state index >= 15 is 0 Å². The maximum absolute atomic E-state index is 13.6. The van der Waals surface area contributed by atoms with E-state index in [4.69, 9.17) is 16.3 Å². The fraction of sp³-hybridized carbons (Fsp3) is 0.273. The number of carbonyl (C=O) groups is 2. The number of aromatic nitrogens is 1. The Labute approximate surface area is 240 Å². The van der Waals surface area contributed by atoms with Gasteiger partial charge in [-0.2, -0.15) is 0 Å². The highest BCUT2D eigenvalue weighted by Crippen LogP contribution is 2.31. The van der Waals surface area contributed by atoms with E-state index in [-0.39, 0.29) is 24.5 Å². The number of rotatable bonds is 8. The van der Waals surface area contributed by atoms with Crippen LogP contribution in [0.5, 0.6) is 0 Å². The van der Waals surface area contributed by atoms with Gasteiger partial charge in [-0.1, -0.05) is 84.4 Å². The lowest BCUT2D eigenvalue weighted by Crippen LogP contribution is -2.50. The van der Waals surface area contributed by atoms with E-state index in [0.29, 0.717) is 30.3 Å². The number of benzene rings is 3. The van der Waals surface area contributed by atoms with E-state index in [0.717, 1.165) is 30.0 Å². The van der Waals surface area contributed by atoms with Crippen molar-refractivity contribution in [3.8, 4) is 11.3 Å². The van der Waals surface area contributed by atoms with Crippen molar-refractivity contribution < 1.29 is 14.3 Å². The molecule has 5 rings (SSSR count). The van der Waals surface area contributed by atoms with Crippen molar-refractivity contribution in [3.05, 3.63) is 118 Å². The van der Waals surface area contributed by atoms with Crippen LogP contribution in [-0.4, -0.2) is 59.0 Å². The van der Waals surface area contributed by atoms with Gasteiger partial charge in [0.25, 0.3) is 0 Å². The van der Waals surface area contributed by atoms with Crippen LogP contribution in [0.15, 0.2) is 91.0 Å². The molecule has 0 aliphatic carbocycles. The van der Waals surface area contributed by atoms with Crippen LogP contribution in [0.4, 0.5) is 0 Å². The molecule has 1 saturated heterocycles. The lowest BCUT2D eigenvalue weighted by Gasteiger charge is -2.40. The molecule has 3 aromatic carbocycles. The Hall–Kier alpha value is -3.87. The number of carbonyl (C=O) groups excluding carboxylic acids is 2. The molecule has 0 saturated carbocycles. The zero-order valence-corrected chi connectivity index (χ0v) is 23.7. The van der Waals surface area contributed by atoms with Crippen molar-refractivity contribution in [2.24, 2.45) is 0 Å². The van der Waals surface area contributed by atoms with Crippen molar-refractivity contribution in [2.75, 3.05) is 32.8 Å². The summed E-state index contributed by atoms with van der Waals surface area (Å²) in [6.45, 7) is 6.88. The molecule has 7 heteroatoms. The Bertz CT molecular complexity index is 1440. The molecule has 0 unspecified atom stereocenters. The van der Waals surface area contributed by atoms with Crippen LogP contribution in [-0.2, 0) is 16.1 Å². The lowest BCUT2D eigenvalue weighted by atomic mass is 9.96. The number of hydrogen-bond acceptors (Lipinski definition) is 4. The smallest absolute Gasteiger partial charge is 0.339 e. The third-order valence-electron chi connectivity index (χ3n) is 7.56. The minimum Gasteiger partial charge on any atom is -0.462 e. The fourth-order valence-corrected chi connectivity index (χ4v) is 5.60. The summed E-state index contributed by atoms with van der Waals surface area (Å²) in [5, 5.41) is 0.715. The van der Waals surface area contributed by atoms with Gasteiger partial charge in [-0.05, 0) is 48.7 Å². The molecular weight excluding hydrogens is 522 g/mol. The van der Waals surface area contributed by atoms with Gasteiger partial charge in [0.2, 0.25) is 5.91 Å². The molecule has 4 aromatic rings. The molecular formula is C33H34ClN3O3. The molecule has 1 aliphatic heterocycles. The molecule has 0 N–H and O–H groups in total. The Morgan fingerprint density at radius 1 is 0.850 bits per heavy atom. The quantitative estimate of drug-likeness (QED) is 0.242. The van der Waals surface area contributed by atoms with Crippen LogP contribution < -0.4 is 0 Å². The van der Waals surface area contributed by atoms with Crippen LogP contribution in [0.1, 0.15) is 40.1 Å². The van der Waals surface area contributed by atoms with Gasteiger partial charge in [-0.15, -0.1) is 0 Å². The molecule has 1 fully saturated rings. The first-order valence-corrected chi connectivity index (χ1v) is 14.1. The van der Waals surface area contributed by atoms with E-state index in [1.165, 1.54) is 11.1 Å². The summed E-state index contributed by atoms with van der Waals surface area (Å²) >= 11 is 6.18. The number of piperazine rings is 1. The van der Waals surface area contributed by atoms with Crippen molar-refractivity contribution in [3.63, 3.8) is 0 Å². The first-order chi connectivity index (χ1) is 19.5. The Morgan fingerprint density at radius 3 is 2.08 bits per heavy atom. The maximum Gasteiger partial charge on any atom is 0.339 e. The number of esters is 1. The Balaban J connectivity index is 1.34. The van der Waals surface area contributed by atoms with E-state index in [1.54, 1.807) is 6.92 Å². The molecule has 0 radical (unpaired) electrons. The summed E-state index contributed by atoms with van der Waals surface area (Å²) in [5.41, 5.74) is 5.40. The minimum absolute atomic E-state index is 0.0358. The topological polar surface area (TPSA) is 54.8 Å². The zero-order valence-electron chi connectivity index (χ0n) is 22.9. The number of halogens is 1. The highest BCUT2D eigenvalue weighted by molar-refractivity contribution is 6.30. The molecule has 0 spiro atoms. The second kappa shape index (κ2) is 12.5. The molecule has 1 aromatic heterocycles. The lowest BCUT2D eigenvalue weighted by molar-refractivity contribution is -0.133. The Kier molecular flexibility index (Phi) is 8.68. The molecule has 6 nitrogen and oxygen atoms in total. The average molecular weight is 556 g/mol. The summed E-state index contributed by atoms with van der Waals surface area (Å²) in [4.78, 5) is 30.6. The molecule has 2 heterocycles. The minimum atomic E-state index is -0.369. The number of nitrogens with zero attached hydrogens (tertiary/aromatic N) is 3. The monoisotopic (exact) mass is 555 g/mol. The number of amides is 1. The largest absolute Gasteiger partial charge is 0.462 e. The third-order valence-corrected chi connectivity index (χ3v) is 7.81. The van der Waals surface area contributed by atoms with Crippen LogP contribution in [0.25, 0.3) is 11.3 Å². The fourth-order valence-electron chi connectivity index (χ4n) is 5.47. The van der Waals surface area contributed by atoms with Crippen molar-refractivity contribution in [1.29, 1.82) is 0 Å². The van der Waals surface area contributed by atoms with E-state index < -0.39 is 0 Å². The van der Waals surface area contributed by atoms with Gasteiger partial charge in [-0.25, -0.2) is 4.79 Å². The van der Waals surface area contributed by atoms with Gasteiger partial charge in [0, 0.05) is 42.6 Å². The van der Waals surface area contributed by atoms with Gasteiger partial charge >= 0.3 is 5.97 Å². The van der Waals surface area contributed by atoms with Crippen molar-refractivity contribution in [2.45, 2.75) is 26.4 Å². The highest BCUT2D eigenvalue weighted by Gasteiger charge is 2.29. The van der Waals surface area contributed by atoms with Crippen molar-refractivity contribution in [1.82, 2.24) is 14.4 Å². The molecule has 1 amide bonds. The van der Waals surface area contributed by atoms with E-state index in [9.17, 15) is 9.59 Å². The van der Waals surface area contributed by atoms with Gasteiger partial charge in [0.15, 0.2) is 0 Å². The third kappa shape index (κ3) is 5.98. The van der Waals surface area contributed by atoms with Crippen LogP contribution in [0.2, 0.25) is 5.02 Å². The van der Waals surface area contributed by atoms with Crippen LogP contribution >= 0.6 is 11.6 Å². The van der Waals surface area contributed by atoms with Gasteiger partial charge < -0.3 is 14.2 Å². The zero-order chi connectivity index (χ0) is 28.1. The first kappa shape index (κ1) is 27.7. The molecule has 0 bridgehead atoms. The second-order valence-electron chi connectivity index (χ2n) is 9.98. The first-order valence-electron chi connectivity index (χ1n) is 13.7. The highest BCUT2D eigenvalue weighted by atomic mass is 35.5. The summed E-state index contributed by atoms with van der Waals surface area (Å²) < 4.78 is 7.23. The predicted molar refractivity (Wildman–Crippen MR) is 158 cm³/mol. The van der Waals surface area contributed by atoms with Crippen LogP contribution in [0.3, 0.4) is 0 Å². The standard InChI is InChI=1S/C33H34ClN3O3/c1-3-40-33(39)29-22-30(25-10-6-4-7-11-25)37(24(29)2)23-31(38)35-18-20-36(21-19-35)32(26-12-8-5-9-13-26)27-14-16-28(34)17-15-27/h4-17,22,32H,3,18-21,23H2,1-2H3/t32-/m1/s1. The van der Waals surface area contributed by atoms with E-state index in [1.807, 2.05) is 71.0 Å². The summed E-state index contributed by atoms with van der Waals surface area (Å²) in [7, 11) is 0. The molecule has 1 atom stereocenters. The van der Waals surface area contributed by atoms with Crippen molar-refractivity contribution >= 4 is 23.5 Å². The summed E-state index contributed by atoms with van der Waals surface area (Å²) in [5.74, 6) is -0.333. The second-order valence-corrected chi connectivity index (χ2v) is 10.4. The predicted octanol–water partition coefficient (Wildman–Crippen LogP) is 6.23. The molecule has 1 aliphatic rings. The number of hydrogen-bond donors (Lipinski definition) is 0. The van der Waals surface area contributed by atoms with Crippen LogP contribution in [0, 0.1) is 6.92 Å². The maximum atomic E-state index is 13.6. The van der Waals surface area contributed by atoms with Gasteiger partial charge in [0.05, 0.1) is 18.2 Å². The SMILES string of the molecule is CCOC(=O)c1cc(-c2ccccc2)n(CC(=O)N2CCN([C@H](c3ccccc3)c3ccc(Cl)cc3)CC2)c1C. The molecule has 206 valence electrons. The van der Waals surface area contributed by atoms with E-state index in [2.05, 4.69) is 41.3 Å². The summed E-state index contributed by atoms with van der Waals surface area (Å²) in [6, 6.07) is 30.2. The molecule has 40 heavy (non-hydrogen) atoms. The average Bonchev–Trinajstić information content (AvgIpc) is 3.31. The normalized spacial score (nSPS) is 14.6. The van der Waals surface area contributed by atoms with Gasteiger partial charge in [0.1, 0.15) is 6.54 Å². The van der Waals surface area contributed by atoms with Gasteiger partial charge in [-0.3, -0.25) is 9.69 Å². The number of ether oxygens (including phenoxy) is 1. The Morgan fingerprint density at radius 2 is 1.45 bits per heavy atom.